The van der Waals surface area contributed by atoms with Crippen LogP contribution in [0, 0.1) is 5.41 Å². The average molecular weight is 322 g/mol. The topological polar surface area (TPSA) is 59.9 Å². The number of hydrogen-bond acceptors (Lipinski definition) is 4. The van der Waals surface area contributed by atoms with Crippen LogP contribution in [0.5, 0.6) is 11.5 Å². The second-order valence-corrected chi connectivity index (χ2v) is 6.35. The maximum atomic E-state index is 12.2. The van der Waals surface area contributed by atoms with E-state index in [1.165, 1.54) is 0 Å². The number of amides is 1. The summed E-state index contributed by atoms with van der Waals surface area (Å²) < 4.78 is 11.7. The van der Waals surface area contributed by atoms with Crippen LogP contribution in [0.15, 0.2) is 53.6 Å². The van der Waals surface area contributed by atoms with Gasteiger partial charge in [-0.15, -0.1) is 0 Å². The van der Waals surface area contributed by atoms with Crippen LogP contribution in [0.25, 0.3) is 0 Å². The first-order chi connectivity index (χ1) is 11.7. The van der Waals surface area contributed by atoms with Crippen LogP contribution in [-0.4, -0.2) is 25.3 Å². The minimum Gasteiger partial charge on any atom is -0.489 e. The largest absolute Gasteiger partial charge is 0.489 e. The van der Waals surface area contributed by atoms with Gasteiger partial charge in [0.15, 0.2) is 11.5 Å². The van der Waals surface area contributed by atoms with Crippen molar-refractivity contribution >= 4 is 12.1 Å². The van der Waals surface area contributed by atoms with Crippen molar-refractivity contribution in [1.82, 2.24) is 5.43 Å². The molecular formula is C19H18N2O3. The van der Waals surface area contributed by atoms with Gasteiger partial charge in [-0.2, -0.15) is 5.10 Å². The first-order valence-electron chi connectivity index (χ1n) is 8.02. The van der Waals surface area contributed by atoms with Crippen molar-refractivity contribution in [2.45, 2.75) is 12.8 Å². The Morgan fingerprint density at radius 3 is 2.54 bits per heavy atom. The normalized spacial score (nSPS) is 17.5. The molecule has 1 aliphatic carbocycles. The molecule has 1 fully saturated rings. The van der Waals surface area contributed by atoms with Crippen LogP contribution < -0.4 is 14.9 Å². The van der Waals surface area contributed by atoms with E-state index in [1.807, 2.05) is 30.3 Å². The predicted octanol–water partition coefficient (Wildman–Crippen LogP) is 3.00. The molecule has 2 aromatic rings. The van der Waals surface area contributed by atoms with E-state index in [2.05, 4.69) is 10.5 Å². The molecule has 0 unspecified atom stereocenters. The summed E-state index contributed by atoms with van der Waals surface area (Å²) in [6.45, 7) is 1.34. The number of hydrogen-bond donors (Lipinski definition) is 1. The average Bonchev–Trinajstić information content (AvgIpc) is 3.42. The lowest BCUT2D eigenvalue weighted by Gasteiger charge is -2.08. The van der Waals surface area contributed by atoms with Crippen molar-refractivity contribution in [1.29, 1.82) is 0 Å². The number of ether oxygens (including phenoxy) is 2. The lowest BCUT2D eigenvalue weighted by molar-refractivity contribution is 0.0954. The highest BCUT2D eigenvalue weighted by Crippen LogP contribution is 2.49. The molecule has 2 aromatic carbocycles. The van der Waals surface area contributed by atoms with Gasteiger partial charge in [-0.05, 0) is 36.6 Å². The molecule has 5 nitrogen and oxygen atoms in total. The molecule has 0 aromatic heterocycles. The Labute approximate surface area is 140 Å². The van der Waals surface area contributed by atoms with Crippen molar-refractivity contribution in [2.75, 3.05) is 13.2 Å². The fourth-order valence-corrected chi connectivity index (χ4v) is 2.62. The molecular weight excluding hydrogens is 304 g/mol. The summed E-state index contributed by atoms with van der Waals surface area (Å²) in [5, 5.41) is 3.98. The van der Waals surface area contributed by atoms with Crippen LogP contribution in [0.1, 0.15) is 28.8 Å². The van der Waals surface area contributed by atoms with Gasteiger partial charge < -0.3 is 9.47 Å². The van der Waals surface area contributed by atoms with E-state index >= 15 is 0 Å². The van der Waals surface area contributed by atoms with Gasteiger partial charge >= 0.3 is 0 Å². The lowest BCUT2D eigenvalue weighted by atomic mass is 10.1. The van der Waals surface area contributed by atoms with Gasteiger partial charge in [0.2, 0.25) is 0 Å². The van der Waals surface area contributed by atoms with Gasteiger partial charge in [0.1, 0.15) is 0 Å². The summed E-state index contributed by atoms with van der Waals surface area (Å²) in [4.78, 5) is 12.2. The highest BCUT2D eigenvalue weighted by Gasteiger charge is 2.46. The Kier molecular flexibility index (Phi) is 3.69. The Balaban J connectivity index is 1.44. The van der Waals surface area contributed by atoms with Crippen LogP contribution in [-0.2, 0) is 0 Å². The minimum absolute atomic E-state index is 0.182. The zero-order valence-corrected chi connectivity index (χ0v) is 13.2. The molecule has 1 N–H and O–H groups in total. The zero-order chi connectivity index (χ0) is 16.4. The first kappa shape index (κ1) is 14.8. The summed E-state index contributed by atoms with van der Waals surface area (Å²) in [6, 6.07) is 14.8. The third kappa shape index (κ3) is 3.11. The fourth-order valence-electron chi connectivity index (χ4n) is 2.62. The Hall–Kier alpha value is -2.82. The van der Waals surface area contributed by atoms with E-state index in [0.29, 0.717) is 30.3 Å². The van der Waals surface area contributed by atoms with Crippen molar-refractivity contribution in [2.24, 2.45) is 10.5 Å². The highest BCUT2D eigenvalue weighted by molar-refractivity contribution is 5.95. The number of hydrazone groups is 1. The summed E-state index contributed by atoms with van der Waals surface area (Å²) >= 11 is 0. The van der Waals surface area contributed by atoms with Crippen LogP contribution >= 0.6 is 0 Å². The summed E-state index contributed by atoms with van der Waals surface area (Å²) in [7, 11) is 0. The number of carbonyl (C=O) groups is 1. The fraction of sp³-hybridized carbons (Fsp3) is 0.263. The maximum absolute atomic E-state index is 12.2. The molecule has 1 heterocycles. The molecule has 2 aliphatic rings. The first-order valence-corrected chi connectivity index (χ1v) is 8.02. The van der Waals surface area contributed by atoms with Gasteiger partial charge in [0.05, 0.1) is 19.4 Å². The van der Waals surface area contributed by atoms with Gasteiger partial charge in [0.25, 0.3) is 5.91 Å². The molecule has 5 heteroatoms. The Bertz CT molecular complexity index is 782. The summed E-state index contributed by atoms with van der Waals surface area (Å²) in [5.41, 5.74) is 4.13. The molecule has 0 bridgehead atoms. The molecule has 1 aliphatic heterocycles. The number of carbonyl (C=O) groups excluding carboxylic acids is 1. The monoisotopic (exact) mass is 322 g/mol. The Morgan fingerprint density at radius 2 is 1.79 bits per heavy atom. The van der Waals surface area contributed by atoms with E-state index in [-0.39, 0.29) is 11.3 Å². The molecule has 0 saturated heterocycles. The number of fused-ring (bicyclic) bond motifs is 1. The standard InChI is InChI=1S/C19H18N2O3/c22-18(21-20-11-14-4-2-1-3-5-14)15-6-7-16-17(10-15)24-13-19(8-9-19)12-23-16/h1-7,10-11H,8-9,12-13H2,(H,21,22)/b20-11+. The molecule has 122 valence electrons. The molecule has 4 rings (SSSR count). The van der Waals surface area contributed by atoms with Crippen molar-refractivity contribution in [3.63, 3.8) is 0 Å². The maximum Gasteiger partial charge on any atom is 0.271 e. The van der Waals surface area contributed by atoms with Gasteiger partial charge in [-0.3, -0.25) is 4.79 Å². The van der Waals surface area contributed by atoms with Gasteiger partial charge in [0, 0.05) is 11.0 Å². The van der Waals surface area contributed by atoms with E-state index in [1.54, 1.807) is 24.4 Å². The van der Waals surface area contributed by atoms with E-state index < -0.39 is 0 Å². The van der Waals surface area contributed by atoms with Crippen molar-refractivity contribution in [3.8, 4) is 11.5 Å². The van der Waals surface area contributed by atoms with E-state index in [9.17, 15) is 4.79 Å². The van der Waals surface area contributed by atoms with Crippen molar-refractivity contribution < 1.29 is 14.3 Å². The van der Waals surface area contributed by atoms with Crippen LogP contribution in [0.3, 0.4) is 0 Å². The van der Waals surface area contributed by atoms with Gasteiger partial charge in [-0.1, -0.05) is 30.3 Å². The third-order valence-electron chi connectivity index (χ3n) is 4.41. The third-order valence-corrected chi connectivity index (χ3v) is 4.41. The predicted molar refractivity (Wildman–Crippen MR) is 90.6 cm³/mol. The number of benzene rings is 2. The molecule has 0 radical (unpaired) electrons. The number of rotatable bonds is 3. The van der Waals surface area contributed by atoms with Gasteiger partial charge in [-0.25, -0.2) is 5.43 Å². The second-order valence-electron chi connectivity index (χ2n) is 6.35. The zero-order valence-electron chi connectivity index (χ0n) is 13.2. The second kappa shape index (κ2) is 6.00. The van der Waals surface area contributed by atoms with Crippen LogP contribution in [0.4, 0.5) is 0 Å². The quantitative estimate of drug-likeness (QED) is 0.698. The summed E-state index contributed by atoms with van der Waals surface area (Å²) in [5.74, 6) is 1.04. The summed E-state index contributed by atoms with van der Waals surface area (Å²) in [6.07, 6.45) is 3.89. The number of nitrogens with zero attached hydrogens (tertiary/aromatic N) is 1. The van der Waals surface area contributed by atoms with Crippen molar-refractivity contribution in [3.05, 3.63) is 59.7 Å². The Morgan fingerprint density at radius 1 is 1.04 bits per heavy atom. The molecule has 1 amide bonds. The van der Waals surface area contributed by atoms with Crippen LogP contribution in [0.2, 0.25) is 0 Å². The SMILES string of the molecule is O=C(N/N=C/c1ccccc1)c1ccc2c(c1)OCC1(CC1)CO2. The molecule has 1 spiro atoms. The number of nitrogens with one attached hydrogen (secondary N) is 1. The minimum atomic E-state index is -0.279. The molecule has 24 heavy (non-hydrogen) atoms. The van der Waals surface area contributed by atoms with E-state index in [4.69, 9.17) is 9.47 Å². The molecule has 0 atom stereocenters. The molecule has 1 saturated carbocycles. The van der Waals surface area contributed by atoms with E-state index in [0.717, 1.165) is 18.4 Å². The highest BCUT2D eigenvalue weighted by atomic mass is 16.5. The smallest absolute Gasteiger partial charge is 0.271 e. The lowest BCUT2D eigenvalue weighted by Crippen LogP contribution is -2.18.